The van der Waals surface area contributed by atoms with Crippen LogP contribution in [0.4, 0.5) is 34.1 Å². The predicted octanol–water partition coefficient (Wildman–Crippen LogP) is 19.5. The number of hydrogen-bond donors (Lipinski definition) is 1. The van der Waals surface area contributed by atoms with Gasteiger partial charge in [0.25, 0.3) is 0 Å². The molecule has 14 aromatic rings. The van der Waals surface area contributed by atoms with Crippen molar-refractivity contribution in [3.63, 3.8) is 0 Å². The van der Waals surface area contributed by atoms with Crippen molar-refractivity contribution in [2.75, 3.05) is 9.80 Å². The number of rotatable bonds is 9. The van der Waals surface area contributed by atoms with Crippen LogP contribution in [0.5, 0.6) is 0 Å². The van der Waals surface area contributed by atoms with Gasteiger partial charge in [0.2, 0.25) is 0 Å². The van der Waals surface area contributed by atoms with Gasteiger partial charge in [-0.25, -0.2) is 0 Å². The summed E-state index contributed by atoms with van der Waals surface area (Å²) >= 11 is 4.86. The number of nitrogens with zero attached hydrogens (tertiary/aromatic N) is 2. The zero-order chi connectivity index (χ0) is 47.2. The van der Waals surface area contributed by atoms with Crippen molar-refractivity contribution in [3.8, 4) is 22.3 Å². The molecule has 336 valence electrons. The molecule has 12 aromatic carbocycles. The minimum Gasteiger partial charge on any atom is -0.453 e. The molecule has 0 fully saturated rings. The number of para-hydroxylation sites is 6. The molecular formula is C66H44N2O2S. The molecule has 14 rings (SSSR count). The Morgan fingerprint density at radius 1 is 0.324 bits per heavy atom. The second-order valence-corrected chi connectivity index (χ2v) is 18.8. The third-order valence-electron chi connectivity index (χ3n) is 14.5. The van der Waals surface area contributed by atoms with Crippen LogP contribution in [-0.2, 0) is 6.42 Å². The largest absolute Gasteiger partial charge is 0.453 e. The van der Waals surface area contributed by atoms with Crippen molar-refractivity contribution in [1.82, 2.24) is 0 Å². The van der Waals surface area contributed by atoms with E-state index in [-0.39, 0.29) is 0 Å². The maximum absolute atomic E-state index is 7.17. The number of furan rings is 2. The number of hydrogen-bond acceptors (Lipinski definition) is 5. The summed E-state index contributed by atoms with van der Waals surface area (Å²) in [6.45, 7) is 2.22. The van der Waals surface area contributed by atoms with E-state index >= 15 is 0 Å². The molecule has 0 atom stereocenters. The fourth-order valence-electron chi connectivity index (χ4n) is 11.3. The second kappa shape index (κ2) is 16.4. The van der Waals surface area contributed by atoms with Crippen LogP contribution >= 0.6 is 12.6 Å². The molecule has 0 saturated heterocycles. The molecule has 0 bridgehead atoms. The first-order chi connectivity index (χ1) is 35.1. The lowest BCUT2D eigenvalue weighted by Crippen LogP contribution is -2.11. The van der Waals surface area contributed by atoms with Gasteiger partial charge >= 0.3 is 0 Å². The van der Waals surface area contributed by atoms with E-state index in [2.05, 4.69) is 235 Å². The lowest BCUT2D eigenvalue weighted by atomic mass is 9.91. The summed E-state index contributed by atoms with van der Waals surface area (Å²) < 4.78 is 14.3. The van der Waals surface area contributed by atoms with Crippen LogP contribution in [0.25, 0.3) is 98.4 Å². The topological polar surface area (TPSA) is 32.8 Å². The summed E-state index contributed by atoms with van der Waals surface area (Å²) in [5, 5.41) is 11.4. The van der Waals surface area contributed by atoms with Gasteiger partial charge in [0, 0.05) is 59.7 Å². The Morgan fingerprint density at radius 3 is 1.24 bits per heavy atom. The standard InChI is InChI=1S/C66H44N2O2S/c1-2-41-17-9-10-22-46(41)48-24-13-26-50-52-28-15-30-58(65(52)69-63(48)50)67(44-18-5-3-6-19-44)56-39-35-42-34-38-55-57(40-36-43-33-37-54(56)61(42)62(43)55)68(45-20-7-4-8-21-45)59-31-16-29-53-51-27-14-25-49(64(51)70-66(53)59)47-23-11-12-32-60(47)71/h3-40,71H,2H2,1H3. The van der Waals surface area contributed by atoms with Gasteiger partial charge in [-0.05, 0) is 99.3 Å². The summed E-state index contributed by atoms with van der Waals surface area (Å²) in [4.78, 5) is 5.66. The number of aryl methyl sites for hydroxylation is 1. The highest BCUT2D eigenvalue weighted by Gasteiger charge is 2.26. The highest BCUT2D eigenvalue weighted by atomic mass is 32.1. The van der Waals surface area contributed by atoms with Gasteiger partial charge in [-0.2, -0.15) is 0 Å². The molecule has 0 N–H and O–H groups in total. The van der Waals surface area contributed by atoms with Gasteiger partial charge in [0.1, 0.15) is 11.2 Å². The number of thiol groups is 1. The summed E-state index contributed by atoms with van der Waals surface area (Å²) in [7, 11) is 0. The smallest absolute Gasteiger partial charge is 0.159 e. The quantitative estimate of drug-likeness (QED) is 0.115. The van der Waals surface area contributed by atoms with E-state index in [0.717, 1.165) is 117 Å². The Morgan fingerprint density at radius 2 is 0.732 bits per heavy atom. The highest BCUT2D eigenvalue weighted by molar-refractivity contribution is 7.80. The third kappa shape index (κ3) is 6.40. The van der Waals surface area contributed by atoms with E-state index in [1.165, 1.54) is 32.7 Å². The number of fused-ring (bicyclic) bond motifs is 6. The molecule has 5 heteroatoms. The van der Waals surface area contributed by atoms with Crippen LogP contribution in [0.3, 0.4) is 0 Å². The monoisotopic (exact) mass is 928 g/mol. The van der Waals surface area contributed by atoms with E-state index in [0.29, 0.717) is 0 Å². The first kappa shape index (κ1) is 41.2. The third-order valence-corrected chi connectivity index (χ3v) is 14.9. The van der Waals surface area contributed by atoms with E-state index in [1.54, 1.807) is 0 Å². The first-order valence-electron chi connectivity index (χ1n) is 24.3. The Labute approximate surface area is 416 Å². The molecule has 0 aliphatic carbocycles. The van der Waals surface area contributed by atoms with Crippen molar-refractivity contribution >= 4 is 123 Å². The molecule has 0 saturated carbocycles. The molecule has 0 amide bonds. The normalized spacial score (nSPS) is 11.9. The van der Waals surface area contributed by atoms with Crippen LogP contribution in [0.1, 0.15) is 12.5 Å². The fourth-order valence-corrected chi connectivity index (χ4v) is 11.6. The summed E-state index contributed by atoms with van der Waals surface area (Å²) in [6.07, 6.45) is 0.936. The summed E-state index contributed by atoms with van der Waals surface area (Å²) in [6, 6.07) is 82.5. The minimum absolute atomic E-state index is 0.823. The molecule has 4 nitrogen and oxygen atoms in total. The van der Waals surface area contributed by atoms with Gasteiger partial charge in [-0.15, -0.1) is 12.6 Å². The van der Waals surface area contributed by atoms with E-state index in [4.69, 9.17) is 21.5 Å². The zero-order valence-electron chi connectivity index (χ0n) is 38.8. The van der Waals surface area contributed by atoms with Crippen molar-refractivity contribution in [1.29, 1.82) is 0 Å². The first-order valence-corrected chi connectivity index (χ1v) is 24.7. The Hall–Kier alpha value is -8.77. The van der Waals surface area contributed by atoms with Crippen molar-refractivity contribution in [3.05, 3.63) is 236 Å². The Kier molecular flexibility index (Phi) is 9.55. The number of benzene rings is 12. The molecule has 2 aromatic heterocycles. The van der Waals surface area contributed by atoms with Crippen molar-refractivity contribution in [2.45, 2.75) is 18.2 Å². The van der Waals surface area contributed by atoms with Gasteiger partial charge < -0.3 is 18.6 Å². The second-order valence-electron chi connectivity index (χ2n) is 18.3. The molecule has 0 radical (unpaired) electrons. The zero-order valence-corrected chi connectivity index (χ0v) is 39.7. The predicted molar refractivity (Wildman–Crippen MR) is 302 cm³/mol. The van der Waals surface area contributed by atoms with Crippen LogP contribution in [0.2, 0.25) is 0 Å². The van der Waals surface area contributed by atoms with Crippen LogP contribution in [-0.4, -0.2) is 0 Å². The molecular weight excluding hydrogens is 885 g/mol. The van der Waals surface area contributed by atoms with Crippen molar-refractivity contribution < 1.29 is 8.83 Å². The summed E-state index contributed by atoms with van der Waals surface area (Å²) in [5.41, 5.74) is 15.2. The fraction of sp³-hybridized carbons (Fsp3) is 0.0303. The van der Waals surface area contributed by atoms with Crippen LogP contribution in [0, 0.1) is 0 Å². The van der Waals surface area contributed by atoms with Crippen molar-refractivity contribution in [2.24, 2.45) is 0 Å². The molecule has 0 aliphatic heterocycles. The maximum Gasteiger partial charge on any atom is 0.159 e. The minimum atomic E-state index is 0.823. The Balaban J connectivity index is 0.994. The number of anilines is 6. The van der Waals surface area contributed by atoms with E-state index in [1.807, 2.05) is 12.1 Å². The van der Waals surface area contributed by atoms with Gasteiger partial charge in [-0.1, -0.05) is 183 Å². The average Bonchev–Trinajstić information content (AvgIpc) is 4.02. The maximum atomic E-state index is 7.17. The van der Waals surface area contributed by atoms with Gasteiger partial charge in [0.15, 0.2) is 11.2 Å². The van der Waals surface area contributed by atoms with E-state index in [9.17, 15) is 0 Å². The summed E-state index contributed by atoms with van der Waals surface area (Å²) in [5.74, 6) is 0. The molecule has 71 heavy (non-hydrogen) atoms. The molecule has 0 aliphatic rings. The van der Waals surface area contributed by atoms with Crippen LogP contribution in [0.15, 0.2) is 244 Å². The lowest BCUT2D eigenvalue weighted by Gasteiger charge is -2.29. The molecule has 2 heterocycles. The Bertz CT molecular complexity index is 4360. The van der Waals surface area contributed by atoms with E-state index < -0.39 is 0 Å². The molecule has 0 unspecified atom stereocenters. The SMILES string of the molecule is CCc1ccccc1-c1cccc2c1oc1c(N(c3ccccc3)c3ccc4ccc5c(N(c6ccccc6)c6cccc7c6oc6c(-c8ccccc8S)cccc67)ccc6ccc3c4c65)cccc12. The molecule has 0 spiro atoms. The van der Waals surface area contributed by atoms with Gasteiger partial charge in [-0.3, -0.25) is 0 Å². The highest BCUT2D eigenvalue weighted by Crippen LogP contribution is 2.51. The van der Waals surface area contributed by atoms with Crippen LogP contribution < -0.4 is 9.80 Å². The average molecular weight is 929 g/mol. The lowest BCUT2D eigenvalue weighted by molar-refractivity contribution is 0.669. The van der Waals surface area contributed by atoms with Gasteiger partial charge in [0.05, 0.1) is 22.7 Å².